The number of benzene rings is 2. The number of nitrogens with one attached hydrogen (secondary N) is 1. The number of sulfone groups is 1. The molecule has 1 aromatic heterocycles. The molecule has 1 amide bonds. The van der Waals surface area contributed by atoms with Crippen molar-refractivity contribution in [3.63, 3.8) is 0 Å². The van der Waals surface area contributed by atoms with Crippen molar-refractivity contribution in [1.29, 1.82) is 0 Å². The van der Waals surface area contributed by atoms with Gasteiger partial charge < -0.3 is 19.2 Å². The second-order valence-corrected chi connectivity index (χ2v) is 10.7. The van der Waals surface area contributed by atoms with Gasteiger partial charge in [-0.15, -0.1) is 0 Å². The molecule has 0 spiro atoms. The first-order valence-electron chi connectivity index (χ1n) is 11.3. The molecule has 1 N–H and O–H groups in total. The van der Waals surface area contributed by atoms with Crippen molar-refractivity contribution in [1.82, 2.24) is 10.2 Å². The quantitative estimate of drug-likeness (QED) is 0.419. The minimum absolute atomic E-state index is 0.0619. The summed E-state index contributed by atoms with van der Waals surface area (Å²) in [6, 6.07) is 16.6. The number of carbonyl (C=O) groups excluding carboxylic acids is 1. The van der Waals surface area contributed by atoms with Gasteiger partial charge in [-0.2, -0.15) is 0 Å². The molecule has 1 aliphatic heterocycles. The van der Waals surface area contributed by atoms with Gasteiger partial charge in [0.1, 0.15) is 5.75 Å². The topological polar surface area (TPSA) is 98.1 Å². The largest absolute Gasteiger partial charge is 0.494 e. The number of ether oxygens (including phenoxy) is 2. The summed E-state index contributed by atoms with van der Waals surface area (Å²) in [5.41, 5.74) is 1.04. The van der Waals surface area contributed by atoms with Crippen LogP contribution in [0.4, 0.5) is 0 Å². The number of rotatable bonds is 9. The third-order valence-electron chi connectivity index (χ3n) is 5.71. The lowest BCUT2D eigenvalue weighted by atomic mass is 10.0. The second-order valence-electron chi connectivity index (χ2n) is 7.95. The molecule has 8 nitrogen and oxygen atoms in total. The Bertz CT molecular complexity index is 1240. The Balaban J connectivity index is 1.47. The molecule has 4 rings (SSSR count). The van der Waals surface area contributed by atoms with Gasteiger partial charge in [-0.3, -0.25) is 9.69 Å². The van der Waals surface area contributed by atoms with Crippen LogP contribution in [-0.2, 0) is 14.6 Å². The summed E-state index contributed by atoms with van der Waals surface area (Å²) < 4.78 is 42.9. The fraction of sp³-hybridized carbons (Fsp3) is 0.320. The van der Waals surface area contributed by atoms with Crippen LogP contribution in [0.1, 0.15) is 29.1 Å². The molecule has 1 aliphatic rings. The first-order valence-corrected chi connectivity index (χ1v) is 13.6. The number of halogens is 1. The van der Waals surface area contributed by atoms with E-state index in [9.17, 15) is 13.2 Å². The Morgan fingerprint density at radius 1 is 1.06 bits per heavy atom. The summed E-state index contributed by atoms with van der Waals surface area (Å²) in [5.74, 6) is 0.246. The van der Waals surface area contributed by atoms with Gasteiger partial charge in [0.05, 0.1) is 30.8 Å². The van der Waals surface area contributed by atoms with Crippen LogP contribution >= 0.6 is 15.9 Å². The van der Waals surface area contributed by atoms with E-state index in [2.05, 4.69) is 26.1 Å². The highest BCUT2D eigenvalue weighted by Gasteiger charge is 2.26. The predicted molar refractivity (Wildman–Crippen MR) is 133 cm³/mol. The Morgan fingerprint density at radius 3 is 2.40 bits per heavy atom. The standard InChI is InChI=1S/C25H27BrN2O6S/c1-2-33-20-7-3-18(4-8-20)22(28-13-15-32-16-14-28)17-27-25(29)23-11-12-24(34-23)35(30,31)21-9-5-19(26)6-10-21/h3-12,22H,2,13-17H2,1H3,(H,27,29). The van der Waals surface area contributed by atoms with Crippen LogP contribution in [0.25, 0.3) is 0 Å². The van der Waals surface area contributed by atoms with E-state index in [1.165, 1.54) is 24.3 Å². The van der Waals surface area contributed by atoms with Crippen molar-refractivity contribution < 1.29 is 27.1 Å². The maximum Gasteiger partial charge on any atom is 0.287 e. The van der Waals surface area contributed by atoms with Crippen molar-refractivity contribution in [3.05, 3.63) is 76.5 Å². The zero-order valence-corrected chi connectivity index (χ0v) is 21.7. The number of furan rings is 1. The number of nitrogens with zero attached hydrogens (tertiary/aromatic N) is 1. The summed E-state index contributed by atoms with van der Waals surface area (Å²) in [6.45, 7) is 5.57. The minimum Gasteiger partial charge on any atom is -0.494 e. The van der Waals surface area contributed by atoms with Gasteiger partial charge in [0, 0.05) is 24.1 Å². The molecule has 0 radical (unpaired) electrons. The zero-order valence-electron chi connectivity index (χ0n) is 19.3. The fourth-order valence-corrected chi connectivity index (χ4v) is 5.33. The number of hydrogen-bond acceptors (Lipinski definition) is 7. The van der Waals surface area contributed by atoms with Crippen LogP contribution in [0.2, 0.25) is 0 Å². The van der Waals surface area contributed by atoms with E-state index < -0.39 is 15.7 Å². The summed E-state index contributed by atoms with van der Waals surface area (Å²) in [4.78, 5) is 15.2. The lowest BCUT2D eigenvalue weighted by Gasteiger charge is -2.35. The van der Waals surface area contributed by atoms with E-state index >= 15 is 0 Å². The third-order valence-corrected chi connectivity index (χ3v) is 7.88. The minimum atomic E-state index is -3.87. The van der Waals surface area contributed by atoms with E-state index in [4.69, 9.17) is 13.9 Å². The lowest BCUT2D eigenvalue weighted by molar-refractivity contribution is 0.0161. The Morgan fingerprint density at radius 2 is 1.74 bits per heavy atom. The summed E-state index contributed by atoms with van der Waals surface area (Å²) >= 11 is 3.29. The average Bonchev–Trinajstić information content (AvgIpc) is 3.38. The summed E-state index contributed by atoms with van der Waals surface area (Å²) in [5, 5.41) is 2.62. The monoisotopic (exact) mass is 562 g/mol. The molecule has 1 unspecified atom stereocenters. The second kappa shape index (κ2) is 11.4. The summed E-state index contributed by atoms with van der Waals surface area (Å²) in [6.07, 6.45) is 0. The molecule has 1 fully saturated rings. The molecule has 0 saturated carbocycles. The smallest absolute Gasteiger partial charge is 0.287 e. The van der Waals surface area contributed by atoms with E-state index in [1.54, 1.807) is 12.1 Å². The van der Waals surface area contributed by atoms with Crippen LogP contribution in [-0.4, -0.2) is 58.7 Å². The molecule has 2 heterocycles. The number of carbonyl (C=O) groups is 1. The van der Waals surface area contributed by atoms with Gasteiger partial charge >= 0.3 is 0 Å². The first-order chi connectivity index (χ1) is 16.9. The van der Waals surface area contributed by atoms with Crippen molar-refractivity contribution in [2.24, 2.45) is 0 Å². The maximum absolute atomic E-state index is 12.9. The Kier molecular flexibility index (Phi) is 8.27. The van der Waals surface area contributed by atoms with E-state index in [1.807, 2.05) is 31.2 Å². The van der Waals surface area contributed by atoms with Gasteiger partial charge in [-0.1, -0.05) is 28.1 Å². The highest BCUT2D eigenvalue weighted by molar-refractivity contribution is 9.10. The van der Waals surface area contributed by atoms with E-state index in [0.29, 0.717) is 26.4 Å². The van der Waals surface area contributed by atoms with Crippen LogP contribution in [0.15, 0.2) is 79.5 Å². The maximum atomic E-state index is 12.9. The van der Waals surface area contributed by atoms with Crippen molar-refractivity contribution in [3.8, 4) is 5.75 Å². The highest BCUT2D eigenvalue weighted by Crippen LogP contribution is 2.26. The highest BCUT2D eigenvalue weighted by atomic mass is 79.9. The van der Waals surface area contributed by atoms with Crippen LogP contribution < -0.4 is 10.1 Å². The fourth-order valence-electron chi connectivity index (χ4n) is 3.89. The molecule has 35 heavy (non-hydrogen) atoms. The molecule has 186 valence electrons. The predicted octanol–water partition coefficient (Wildman–Crippen LogP) is 4.08. The molecule has 2 aromatic carbocycles. The molecule has 1 atom stereocenters. The van der Waals surface area contributed by atoms with Crippen LogP contribution in [0.5, 0.6) is 5.75 Å². The Hall–Kier alpha value is -2.66. The lowest BCUT2D eigenvalue weighted by Crippen LogP contribution is -2.43. The van der Waals surface area contributed by atoms with Gasteiger partial charge in [0.2, 0.25) is 14.9 Å². The number of morpholine rings is 1. The summed E-state index contributed by atoms with van der Waals surface area (Å²) in [7, 11) is -3.87. The van der Waals surface area contributed by atoms with Gasteiger partial charge in [0.15, 0.2) is 5.76 Å². The van der Waals surface area contributed by atoms with Gasteiger partial charge in [0.25, 0.3) is 5.91 Å². The molecular formula is C25H27BrN2O6S. The van der Waals surface area contributed by atoms with Crippen LogP contribution in [0, 0.1) is 0 Å². The molecular weight excluding hydrogens is 536 g/mol. The number of hydrogen-bond donors (Lipinski definition) is 1. The van der Waals surface area contributed by atoms with Gasteiger partial charge in [-0.05, 0) is 61.0 Å². The van der Waals surface area contributed by atoms with Crippen LogP contribution in [0.3, 0.4) is 0 Å². The molecule has 1 saturated heterocycles. The van der Waals surface area contributed by atoms with Crippen molar-refractivity contribution in [2.75, 3.05) is 39.5 Å². The van der Waals surface area contributed by atoms with E-state index in [0.717, 1.165) is 28.9 Å². The number of amides is 1. The first kappa shape index (κ1) is 25.4. The zero-order chi connectivity index (χ0) is 24.8. The third kappa shape index (κ3) is 6.13. The van der Waals surface area contributed by atoms with Gasteiger partial charge in [-0.25, -0.2) is 8.42 Å². The van der Waals surface area contributed by atoms with E-state index in [-0.39, 0.29) is 21.8 Å². The van der Waals surface area contributed by atoms with Crippen molar-refractivity contribution >= 4 is 31.7 Å². The molecule has 0 bridgehead atoms. The normalized spacial score (nSPS) is 15.5. The molecule has 3 aromatic rings. The van der Waals surface area contributed by atoms with Crippen molar-refractivity contribution in [2.45, 2.75) is 23.0 Å². The molecule has 0 aliphatic carbocycles. The average molecular weight is 563 g/mol. The SMILES string of the molecule is CCOc1ccc(C(CNC(=O)c2ccc(S(=O)(=O)c3ccc(Br)cc3)o2)N2CCOCC2)cc1. The molecule has 10 heteroatoms. The Labute approximate surface area is 213 Å².